The van der Waals surface area contributed by atoms with Crippen LogP contribution in [0.25, 0.3) is 0 Å². The molecule has 0 saturated heterocycles. The molecule has 0 radical (unpaired) electrons. The van der Waals surface area contributed by atoms with Crippen LogP contribution in [0.2, 0.25) is 0 Å². The Labute approximate surface area is 82.4 Å². The first-order valence-corrected chi connectivity index (χ1v) is 4.60. The maximum Gasteiger partial charge on any atom is 0.443 e. The van der Waals surface area contributed by atoms with Gasteiger partial charge in [0.15, 0.2) is 5.01 Å². The number of aryl methyl sites for hydroxylation is 1. The SMILES string of the molecule is Cc1nc(C(F)(F)F)sc1C(O)CN. The van der Waals surface area contributed by atoms with E-state index < -0.39 is 17.3 Å². The second-order valence-corrected chi connectivity index (χ2v) is 3.75. The zero-order valence-corrected chi connectivity index (χ0v) is 8.11. The predicted molar refractivity (Wildman–Crippen MR) is 45.9 cm³/mol. The van der Waals surface area contributed by atoms with Crippen molar-refractivity contribution in [2.24, 2.45) is 5.73 Å². The molecule has 0 fully saturated rings. The number of nitrogens with zero attached hydrogens (tertiary/aromatic N) is 1. The molecule has 1 aromatic rings. The van der Waals surface area contributed by atoms with Crippen molar-refractivity contribution in [2.45, 2.75) is 19.2 Å². The number of thiazole rings is 1. The van der Waals surface area contributed by atoms with Gasteiger partial charge < -0.3 is 10.8 Å². The molecule has 0 aliphatic carbocycles. The maximum atomic E-state index is 12.2. The Balaban J connectivity index is 3.05. The largest absolute Gasteiger partial charge is 0.443 e. The lowest BCUT2D eigenvalue weighted by molar-refractivity contribution is -0.137. The second-order valence-electron chi connectivity index (χ2n) is 2.72. The van der Waals surface area contributed by atoms with Crippen molar-refractivity contribution in [1.82, 2.24) is 4.98 Å². The van der Waals surface area contributed by atoms with Crippen LogP contribution in [0.1, 0.15) is 21.7 Å². The highest BCUT2D eigenvalue weighted by atomic mass is 32.1. The third-order valence-electron chi connectivity index (χ3n) is 1.60. The molecule has 3 nitrogen and oxygen atoms in total. The number of aliphatic hydroxyl groups excluding tert-OH is 1. The van der Waals surface area contributed by atoms with Gasteiger partial charge in [-0.2, -0.15) is 13.2 Å². The zero-order valence-electron chi connectivity index (χ0n) is 7.30. The smallest absolute Gasteiger partial charge is 0.386 e. The van der Waals surface area contributed by atoms with E-state index in [-0.39, 0.29) is 17.1 Å². The third-order valence-corrected chi connectivity index (χ3v) is 2.90. The van der Waals surface area contributed by atoms with Crippen LogP contribution in [-0.2, 0) is 6.18 Å². The monoisotopic (exact) mass is 226 g/mol. The first-order valence-electron chi connectivity index (χ1n) is 3.79. The molecular weight excluding hydrogens is 217 g/mol. The molecule has 0 aliphatic heterocycles. The first-order chi connectivity index (χ1) is 6.36. The molecule has 0 amide bonds. The van der Waals surface area contributed by atoms with Gasteiger partial charge in [-0.1, -0.05) is 0 Å². The molecule has 3 N–H and O–H groups in total. The summed E-state index contributed by atoms with van der Waals surface area (Å²) in [5.41, 5.74) is 5.32. The summed E-state index contributed by atoms with van der Waals surface area (Å²) in [7, 11) is 0. The second kappa shape index (κ2) is 3.84. The van der Waals surface area contributed by atoms with E-state index in [1.807, 2.05) is 0 Å². The van der Waals surface area contributed by atoms with Crippen LogP contribution in [0, 0.1) is 6.92 Å². The van der Waals surface area contributed by atoms with E-state index in [0.717, 1.165) is 0 Å². The van der Waals surface area contributed by atoms with Crippen LogP contribution in [-0.4, -0.2) is 16.6 Å². The maximum absolute atomic E-state index is 12.2. The normalized spacial score (nSPS) is 14.4. The van der Waals surface area contributed by atoms with Crippen molar-refractivity contribution in [2.75, 3.05) is 6.54 Å². The van der Waals surface area contributed by atoms with Crippen LogP contribution in [0.5, 0.6) is 0 Å². The zero-order chi connectivity index (χ0) is 10.9. The summed E-state index contributed by atoms with van der Waals surface area (Å²) < 4.78 is 36.6. The van der Waals surface area contributed by atoms with Gasteiger partial charge in [-0.25, -0.2) is 4.98 Å². The standard InChI is InChI=1S/C7H9F3N2OS/c1-3-5(4(13)2-11)14-6(12-3)7(8,9)10/h4,13H,2,11H2,1H3. The van der Waals surface area contributed by atoms with Crippen molar-refractivity contribution < 1.29 is 18.3 Å². The Kier molecular flexibility index (Phi) is 3.13. The van der Waals surface area contributed by atoms with Gasteiger partial charge in [-0.3, -0.25) is 0 Å². The number of hydrogen-bond donors (Lipinski definition) is 2. The number of nitrogens with two attached hydrogens (primary N) is 1. The van der Waals surface area contributed by atoms with E-state index in [4.69, 9.17) is 5.73 Å². The van der Waals surface area contributed by atoms with Crippen molar-refractivity contribution in [3.8, 4) is 0 Å². The van der Waals surface area contributed by atoms with Gasteiger partial charge in [0.1, 0.15) is 6.10 Å². The summed E-state index contributed by atoms with van der Waals surface area (Å²) in [5.74, 6) is 0. The van der Waals surface area contributed by atoms with E-state index in [1.54, 1.807) is 0 Å². The molecule has 1 rings (SSSR count). The Hall–Kier alpha value is -0.660. The summed E-state index contributed by atoms with van der Waals surface area (Å²) in [6.07, 6.45) is -5.52. The fourth-order valence-electron chi connectivity index (χ4n) is 0.946. The molecule has 7 heteroatoms. The van der Waals surface area contributed by atoms with Crippen molar-refractivity contribution in [3.63, 3.8) is 0 Å². The first kappa shape index (κ1) is 11.4. The molecule has 14 heavy (non-hydrogen) atoms. The van der Waals surface area contributed by atoms with E-state index in [9.17, 15) is 18.3 Å². The molecule has 0 aromatic carbocycles. The molecule has 1 aromatic heterocycles. The molecule has 0 aliphatic rings. The Morgan fingerprint density at radius 2 is 2.14 bits per heavy atom. The summed E-state index contributed by atoms with van der Waals surface area (Å²) >= 11 is 0.433. The lowest BCUT2D eigenvalue weighted by Gasteiger charge is -2.04. The summed E-state index contributed by atoms with van der Waals surface area (Å²) in [5, 5.41) is 8.32. The van der Waals surface area contributed by atoms with E-state index in [0.29, 0.717) is 11.3 Å². The Morgan fingerprint density at radius 1 is 1.57 bits per heavy atom. The van der Waals surface area contributed by atoms with Gasteiger partial charge in [0.2, 0.25) is 0 Å². The minimum Gasteiger partial charge on any atom is -0.386 e. The van der Waals surface area contributed by atoms with Crippen molar-refractivity contribution in [3.05, 3.63) is 15.6 Å². The number of rotatable bonds is 2. The molecule has 1 atom stereocenters. The number of alkyl halides is 3. The highest BCUT2D eigenvalue weighted by Gasteiger charge is 2.36. The number of aromatic nitrogens is 1. The van der Waals surface area contributed by atoms with Gasteiger partial charge in [0.25, 0.3) is 0 Å². The Morgan fingerprint density at radius 3 is 2.50 bits per heavy atom. The lowest BCUT2D eigenvalue weighted by Crippen LogP contribution is -2.10. The van der Waals surface area contributed by atoms with Crippen LogP contribution >= 0.6 is 11.3 Å². The van der Waals surface area contributed by atoms with Gasteiger partial charge in [-0.15, -0.1) is 11.3 Å². The number of aliphatic hydroxyl groups is 1. The predicted octanol–water partition coefficient (Wildman–Crippen LogP) is 1.46. The van der Waals surface area contributed by atoms with Gasteiger partial charge in [0.05, 0.1) is 10.6 Å². The van der Waals surface area contributed by atoms with Crippen LogP contribution in [0.3, 0.4) is 0 Å². The molecule has 0 bridgehead atoms. The molecular formula is C7H9F3N2OS. The summed E-state index contributed by atoms with van der Waals surface area (Å²) in [6.45, 7) is 1.31. The molecule has 1 unspecified atom stereocenters. The summed E-state index contributed by atoms with van der Waals surface area (Å²) in [4.78, 5) is 3.51. The average Bonchev–Trinajstić information content (AvgIpc) is 2.45. The van der Waals surface area contributed by atoms with E-state index >= 15 is 0 Å². The van der Waals surface area contributed by atoms with Crippen molar-refractivity contribution in [1.29, 1.82) is 0 Å². The Bertz CT molecular complexity index is 323. The third kappa shape index (κ3) is 2.23. The van der Waals surface area contributed by atoms with Gasteiger partial charge in [-0.05, 0) is 6.92 Å². The van der Waals surface area contributed by atoms with Crippen LogP contribution in [0.15, 0.2) is 0 Å². The minimum atomic E-state index is -4.46. The van der Waals surface area contributed by atoms with E-state index in [2.05, 4.69) is 4.98 Å². The summed E-state index contributed by atoms with van der Waals surface area (Å²) in [6, 6.07) is 0. The number of hydrogen-bond acceptors (Lipinski definition) is 4. The van der Waals surface area contributed by atoms with E-state index in [1.165, 1.54) is 6.92 Å². The lowest BCUT2D eigenvalue weighted by atomic mass is 10.2. The van der Waals surface area contributed by atoms with Crippen LogP contribution in [0.4, 0.5) is 13.2 Å². The molecule has 1 heterocycles. The average molecular weight is 226 g/mol. The fourth-order valence-corrected chi connectivity index (χ4v) is 1.88. The van der Waals surface area contributed by atoms with Crippen LogP contribution < -0.4 is 5.73 Å². The van der Waals surface area contributed by atoms with Gasteiger partial charge >= 0.3 is 6.18 Å². The number of halogens is 3. The highest BCUT2D eigenvalue weighted by Crippen LogP contribution is 2.35. The van der Waals surface area contributed by atoms with Gasteiger partial charge in [0, 0.05) is 6.54 Å². The highest BCUT2D eigenvalue weighted by molar-refractivity contribution is 7.11. The van der Waals surface area contributed by atoms with Crippen molar-refractivity contribution >= 4 is 11.3 Å². The topological polar surface area (TPSA) is 59.1 Å². The molecule has 0 saturated carbocycles. The molecule has 0 spiro atoms. The molecule has 80 valence electrons. The fraction of sp³-hybridized carbons (Fsp3) is 0.571. The minimum absolute atomic E-state index is 0.111. The quantitative estimate of drug-likeness (QED) is 0.802.